The lowest BCUT2D eigenvalue weighted by Crippen LogP contribution is -2.42. The average molecular weight is 439 g/mol. The van der Waals surface area contributed by atoms with E-state index in [1.807, 2.05) is 0 Å². The molecule has 2 aromatic rings. The smallest absolute Gasteiger partial charge is 0.325 e. The van der Waals surface area contributed by atoms with E-state index >= 15 is 0 Å². The Bertz CT molecular complexity index is 1100. The van der Waals surface area contributed by atoms with Gasteiger partial charge in [0.25, 0.3) is 17.5 Å². The standard InChI is InChI=1S/C21H21N5O6/c1-21(14-6-10-16(11-7-14)26(31)32)19(29)25(20(30)23-21)12-17(27)22-15-8-4-13(5-9-15)18(28)24(2)3/h4-11H,12H2,1-3H3,(H,22,27)(H,23,30)/t21-/m0/s1. The second-order valence-corrected chi connectivity index (χ2v) is 7.58. The molecule has 0 aliphatic carbocycles. The van der Waals surface area contributed by atoms with Gasteiger partial charge >= 0.3 is 6.03 Å². The number of hydrogen-bond acceptors (Lipinski definition) is 6. The molecule has 11 heteroatoms. The fourth-order valence-corrected chi connectivity index (χ4v) is 3.25. The molecule has 0 radical (unpaired) electrons. The number of benzene rings is 2. The van der Waals surface area contributed by atoms with Crippen LogP contribution in [0, 0.1) is 10.1 Å². The van der Waals surface area contributed by atoms with Gasteiger partial charge < -0.3 is 15.5 Å². The lowest BCUT2D eigenvalue weighted by Gasteiger charge is -2.22. The first-order chi connectivity index (χ1) is 15.0. The summed E-state index contributed by atoms with van der Waals surface area (Å²) in [5, 5.41) is 16.0. The highest BCUT2D eigenvalue weighted by Gasteiger charge is 2.49. The van der Waals surface area contributed by atoms with Crippen LogP contribution in [0.3, 0.4) is 0 Å². The molecule has 11 nitrogen and oxygen atoms in total. The minimum absolute atomic E-state index is 0.149. The molecule has 3 rings (SSSR count). The summed E-state index contributed by atoms with van der Waals surface area (Å²) in [6.45, 7) is 0.943. The number of hydrogen-bond donors (Lipinski definition) is 2. The highest BCUT2D eigenvalue weighted by molar-refractivity contribution is 6.10. The van der Waals surface area contributed by atoms with Gasteiger partial charge in [-0.15, -0.1) is 0 Å². The van der Waals surface area contributed by atoms with Crippen molar-refractivity contribution in [3.8, 4) is 0 Å². The Morgan fingerprint density at radius 1 is 1.09 bits per heavy atom. The van der Waals surface area contributed by atoms with Crippen LogP contribution < -0.4 is 10.6 Å². The Balaban J connectivity index is 1.69. The summed E-state index contributed by atoms with van der Waals surface area (Å²) in [5.74, 6) is -1.45. The van der Waals surface area contributed by atoms with Gasteiger partial charge in [0.2, 0.25) is 5.91 Å². The molecule has 5 amide bonds. The molecule has 2 N–H and O–H groups in total. The van der Waals surface area contributed by atoms with Gasteiger partial charge in [-0.3, -0.25) is 29.4 Å². The minimum Gasteiger partial charge on any atom is -0.345 e. The molecule has 1 atom stereocenters. The molecule has 0 unspecified atom stereocenters. The quantitative estimate of drug-likeness (QED) is 0.399. The molecule has 1 aliphatic rings. The summed E-state index contributed by atoms with van der Waals surface area (Å²) >= 11 is 0. The van der Waals surface area contributed by atoms with Crippen molar-refractivity contribution >= 4 is 35.1 Å². The number of non-ortho nitro benzene ring substituents is 1. The van der Waals surface area contributed by atoms with Crippen molar-refractivity contribution in [3.05, 3.63) is 69.8 Å². The van der Waals surface area contributed by atoms with Gasteiger partial charge in [-0.1, -0.05) is 0 Å². The van der Waals surface area contributed by atoms with Gasteiger partial charge in [0, 0.05) is 37.5 Å². The maximum atomic E-state index is 12.9. The minimum atomic E-state index is -1.46. The molecule has 1 aliphatic heterocycles. The Morgan fingerprint density at radius 3 is 2.22 bits per heavy atom. The van der Waals surface area contributed by atoms with Crippen molar-refractivity contribution in [3.63, 3.8) is 0 Å². The number of anilines is 1. The number of urea groups is 1. The monoisotopic (exact) mass is 439 g/mol. The van der Waals surface area contributed by atoms with Crippen molar-refractivity contribution in [1.29, 1.82) is 0 Å². The molecule has 0 spiro atoms. The van der Waals surface area contributed by atoms with Crippen LogP contribution in [0.15, 0.2) is 48.5 Å². The van der Waals surface area contributed by atoms with Crippen LogP contribution >= 0.6 is 0 Å². The SMILES string of the molecule is CN(C)C(=O)c1ccc(NC(=O)CN2C(=O)N[C@@](C)(c3ccc([N+](=O)[O-])cc3)C2=O)cc1. The van der Waals surface area contributed by atoms with Gasteiger partial charge in [0.05, 0.1) is 4.92 Å². The van der Waals surface area contributed by atoms with E-state index < -0.39 is 34.9 Å². The molecule has 166 valence electrons. The first kappa shape index (κ1) is 22.4. The Morgan fingerprint density at radius 2 is 1.69 bits per heavy atom. The number of carbonyl (C=O) groups excluding carboxylic acids is 4. The molecule has 0 bridgehead atoms. The summed E-state index contributed by atoms with van der Waals surface area (Å²) in [5.41, 5.74) is -0.411. The molecule has 1 saturated heterocycles. The van der Waals surface area contributed by atoms with Crippen LogP contribution in [-0.2, 0) is 15.1 Å². The predicted molar refractivity (Wildman–Crippen MR) is 114 cm³/mol. The number of rotatable bonds is 6. The lowest BCUT2D eigenvalue weighted by molar-refractivity contribution is -0.384. The van der Waals surface area contributed by atoms with E-state index in [9.17, 15) is 29.3 Å². The van der Waals surface area contributed by atoms with Crippen LogP contribution in [0.5, 0.6) is 0 Å². The summed E-state index contributed by atoms with van der Waals surface area (Å²) < 4.78 is 0. The predicted octanol–water partition coefficient (Wildman–Crippen LogP) is 1.70. The first-order valence-electron chi connectivity index (χ1n) is 9.53. The molecular formula is C21H21N5O6. The molecule has 0 aromatic heterocycles. The molecule has 0 saturated carbocycles. The number of nitrogens with zero attached hydrogens (tertiary/aromatic N) is 3. The zero-order valence-corrected chi connectivity index (χ0v) is 17.6. The van der Waals surface area contributed by atoms with E-state index in [4.69, 9.17) is 0 Å². The zero-order chi connectivity index (χ0) is 23.6. The van der Waals surface area contributed by atoms with Crippen LogP contribution in [0.2, 0.25) is 0 Å². The van der Waals surface area contributed by atoms with Crippen molar-refractivity contribution in [2.24, 2.45) is 0 Å². The largest absolute Gasteiger partial charge is 0.345 e. The highest BCUT2D eigenvalue weighted by Crippen LogP contribution is 2.30. The van der Waals surface area contributed by atoms with E-state index in [2.05, 4.69) is 10.6 Å². The van der Waals surface area contributed by atoms with Gasteiger partial charge in [-0.25, -0.2) is 4.79 Å². The summed E-state index contributed by atoms with van der Waals surface area (Å²) in [4.78, 5) is 62.1. The Hall–Kier alpha value is -4.28. The fraction of sp³-hybridized carbons (Fsp3) is 0.238. The Labute approximate surface area is 183 Å². The van der Waals surface area contributed by atoms with Gasteiger partial charge in [0.15, 0.2) is 0 Å². The number of carbonyl (C=O) groups is 4. The van der Waals surface area contributed by atoms with E-state index in [1.54, 1.807) is 38.4 Å². The maximum absolute atomic E-state index is 12.9. The lowest BCUT2D eigenvalue weighted by atomic mass is 9.92. The van der Waals surface area contributed by atoms with Crippen molar-refractivity contribution < 1.29 is 24.1 Å². The number of amides is 5. The van der Waals surface area contributed by atoms with Crippen molar-refractivity contribution in [2.75, 3.05) is 26.0 Å². The fourth-order valence-electron chi connectivity index (χ4n) is 3.25. The Kier molecular flexibility index (Phi) is 5.92. The third-order valence-corrected chi connectivity index (χ3v) is 5.05. The summed E-state index contributed by atoms with van der Waals surface area (Å²) in [6.07, 6.45) is 0. The zero-order valence-electron chi connectivity index (χ0n) is 17.6. The molecular weight excluding hydrogens is 418 g/mol. The van der Waals surface area contributed by atoms with Crippen LogP contribution in [0.4, 0.5) is 16.2 Å². The van der Waals surface area contributed by atoms with Crippen LogP contribution in [0.1, 0.15) is 22.8 Å². The van der Waals surface area contributed by atoms with Crippen molar-refractivity contribution in [1.82, 2.24) is 15.1 Å². The first-order valence-corrected chi connectivity index (χ1v) is 9.53. The third kappa shape index (κ3) is 4.26. The maximum Gasteiger partial charge on any atom is 0.325 e. The number of nitro benzene ring substituents is 1. The van der Waals surface area contributed by atoms with Crippen molar-refractivity contribution in [2.45, 2.75) is 12.5 Å². The van der Waals surface area contributed by atoms with E-state index in [-0.39, 0.29) is 11.6 Å². The van der Waals surface area contributed by atoms with Crippen LogP contribution in [-0.4, -0.2) is 59.1 Å². The molecule has 1 heterocycles. The normalized spacial score (nSPS) is 17.7. The topological polar surface area (TPSA) is 142 Å². The second kappa shape index (κ2) is 8.46. The van der Waals surface area contributed by atoms with Crippen LogP contribution in [0.25, 0.3) is 0 Å². The van der Waals surface area contributed by atoms with E-state index in [0.29, 0.717) is 16.8 Å². The molecule has 1 fully saturated rings. The number of imide groups is 1. The summed E-state index contributed by atoms with van der Waals surface area (Å²) in [6, 6.07) is 10.7. The molecule has 32 heavy (non-hydrogen) atoms. The average Bonchev–Trinajstić information content (AvgIpc) is 2.97. The van der Waals surface area contributed by atoms with Gasteiger partial charge in [-0.2, -0.15) is 0 Å². The summed E-state index contributed by atoms with van der Waals surface area (Å²) in [7, 11) is 3.25. The third-order valence-electron chi connectivity index (χ3n) is 5.05. The number of nitrogens with one attached hydrogen (secondary N) is 2. The highest BCUT2D eigenvalue weighted by atomic mass is 16.6. The molecule has 2 aromatic carbocycles. The van der Waals surface area contributed by atoms with Gasteiger partial charge in [-0.05, 0) is 48.9 Å². The second-order valence-electron chi connectivity index (χ2n) is 7.58. The van der Waals surface area contributed by atoms with Gasteiger partial charge in [0.1, 0.15) is 12.1 Å². The number of nitro groups is 1. The van der Waals surface area contributed by atoms with E-state index in [0.717, 1.165) is 4.90 Å². The van der Waals surface area contributed by atoms with E-state index in [1.165, 1.54) is 36.1 Å².